The van der Waals surface area contributed by atoms with Crippen molar-refractivity contribution in [2.75, 3.05) is 40.8 Å². The average molecular weight is 384 g/mol. The van der Waals surface area contributed by atoms with Gasteiger partial charge in [0.15, 0.2) is 0 Å². The lowest BCUT2D eigenvalue weighted by Crippen LogP contribution is -2.49. The van der Waals surface area contributed by atoms with Gasteiger partial charge >= 0.3 is 0 Å². The molecule has 4 nitrogen and oxygen atoms in total. The lowest BCUT2D eigenvalue weighted by Gasteiger charge is -2.41. The van der Waals surface area contributed by atoms with Gasteiger partial charge in [-0.3, -0.25) is 9.69 Å². The zero-order valence-corrected chi connectivity index (χ0v) is 17.0. The molecule has 2 aromatic rings. The fourth-order valence-corrected chi connectivity index (χ4v) is 4.11. The van der Waals surface area contributed by atoms with E-state index in [-0.39, 0.29) is 17.1 Å². The molecular weight excluding hydrogens is 353 g/mol. The monoisotopic (exact) mass is 383 g/mol. The molecule has 5 heteroatoms. The number of benzene rings is 2. The number of rotatable bonds is 6. The third kappa shape index (κ3) is 4.42. The summed E-state index contributed by atoms with van der Waals surface area (Å²) in [7, 11) is 5.74. The number of likely N-dealkylation sites (N-methyl/N-ethyl adjacent to an activating group) is 1. The van der Waals surface area contributed by atoms with Gasteiger partial charge in [0.2, 0.25) is 5.91 Å². The molecule has 1 aliphatic rings. The van der Waals surface area contributed by atoms with E-state index in [1.807, 2.05) is 6.07 Å². The lowest BCUT2D eigenvalue weighted by atomic mass is 9.72. The van der Waals surface area contributed by atoms with E-state index in [4.69, 9.17) is 0 Å². The quantitative estimate of drug-likeness (QED) is 0.832. The zero-order chi connectivity index (χ0) is 20.1. The normalized spacial score (nSPS) is 18.0. The van der Waals surface area contributed by atoms with E-state index in [0.717, 1.165) is 25.9 Å². The summed E-state index contributed by atoms with van der Waals surface area (Å²) in [6.45, 7) is 2.55. The van der Waals surface area contributed by atoms with Crippen LogP contribution in [0.5, 0.6) is 0 Å². The first kappa shape index (κ1) is 20.5. The predicted octanol–water partition coefficient (Wildman–Crippen LogP) is 3.21. The fraction of sp³-hybridized carbons (Fsp3) is 0.435. The first-order valence-electron chi connectivity index (χ1n) is 9.85. The van der Waals surface area contributed by atoms with E-state index in [1.54, 1.807) is 37.2 Å². The maximum atomic E-state index is 14.3. The molecule has 150 valence electrons. The topological polar surface area (TPSA) is 35.6 Å². The minimum atomic E-state index is -0.653. The van der Waals surface area contributed by atoms with Crippen molar-refractivity contribution >= 4 is 5.91 Å². The molecule has 1 atom stereocenters. The largest absolute Gasteiger partial charge is 0.354 e. The Balaban J connectivity index is 1.80. The van der Waals surface area contributed by atoms with Crippen LogP contribution >= 0.6 is 0 Å². The highest BCUT2D eigenvalue weighted by Gasteiger charge is 2.36. The summed E-state index contributed by atoms with van der Waals surface area (Å²) in [6, 6.07) is 16.3. The first-order valence-corrected chi connectivity index (χ1v) is 9.85. The van der Waals surface area contributed by atoms with E-state index in [0.29, 0.717) is 12.1 Å². The summed E-state index contributed by atoms with van der Waals surface area (Å²) in [5.41, 5.74) is 1.58. The van der Waals surface area contributed by atoms with Crippen LogP contribution in [-0.4, -0.2) is 56.5 Å². The number of nitrogens with zero attached hydrogens (tertiary/aromatic N) is 2. The number of hydrogen-bond acceptors (Lipinski definition) is 3. The Morgan fingerprint density at radius 3 is 2.32 bits per heavy atom. The van der Waals surface area contributed by atoms with Gasteiger partial charge in [-0.2, -0.15) is 0 Å². The Kier molecular flexibility index (Phi) is 6.47. The number of nitrogens with one attached hydrogen (secondary N) is 1. The van der Waals surface area contributed by atoms with Gasteiger partial charge < -0.3 is 10.2 Å². The van der Waals surface area contributed by atoms with Crippen molar-refractivity contribution in [1.82, 2.24) is 15.1 Å². The number of halogens is 1. The molecule has 0 radical (unpaired) electrons. The predicted molar refractivity (Wildman–Crippen MR) is 111 cm³/mol. The van der Waals surface area contributed by atoms with Gasteiger partial charge in [-0.15, -0.1) is 0 Å². The maximum absolute atomic E-state index is 14.3. The Morgan fingerprint density at radius 2 is 1.71 bits per heavy atom. The SMILES string of the molecule is CN1CCC(CNC(=O)C(c2ccccc2F)N(C)C)(c2ccccc2)CC1. The van der Waals surface area contributed by atoms with Crippen LogP contribution in [0.1, 0.15) is 30.0 Å². The van der Waals surface area contributed by atoms with Crippen molar-refractivity contribution in [3.63, 3.8) is 0 Å². The Hall–Kier alpha value is -2.24. The molecule has 1 heterocycles. The fourth-order valence-electron chi connectivity index (χ4n) is 4.11. The molecular formula is C23H30FN3O. The zero-order valence-electron chi connectivity index (χ0n) is 17.0. The molecule has 3 rings (SSSR count). The van der Waals surface area contributed by atoms with Crippen LogP contribution in [0, 0.1) is 5.82 Å². The molecule has 28 heavy (non-hydrogen) atoms. The standard InChI is InChI=1S/C23H30FN3O/c1-26(2)21(19-11-7-8-12-20(19)24)22(28)25-17-23(13-15-27(3)16-14-23)18-9-5-4-6-10-18/h4-12,21H,13-17H2,1-3H3,(H,25,28). The highest BCUT2D eigenvalue weighted by Crippen LogP contribution is 2.35. The molecule has 2 aromatic carbocycles. The van der Waals surface area contributed by atoms with Crippen molar-refractivity contribution in [3.8, 4) is 0 Å². The highest BCUT2D eigenvalue weighted by atomic mass is 19.1. The number of piperidine rings is 1. The Labute approximate surface area is 167 Å². The molecule has 0 aliphatic carbocycles. The van der Waals surface area contributed by atoms with Crippen LogP contribution < -0.4 is 5.32 Å². The Bertz CT molecular complexity index is 785. The number of amides is 1. The van der Waals surface area contributed by atoms with Crippen molar-refractivity contribution in [1.29, 1.82) is 0 Å². The van der Waals surface area contributed by atoms with Gasteiger partial charge in [0.05, 0.1) is 0 Å². The molecule has 1 unspecified atom stereocenters. The molecule has 1 aliphatic heterocycles. The van der Waals surface area contributed by atoms with E-state index in [2.05, 4.69) is 41.5 Å². The second-order valence-corrected chi connectivity index (χ2v) is 8.06. The summed E-state index contributed by atoms with van der Waals surface area (Å²) in [5, 5.41) is 3.15. The van der Waals surface area contributed by atoms with E-state index in [1.165, 1.54) is 11.6 Å². The highest BCUT2D eigenvalue weighted by molar-refractivity contribution is 5.83. The van der Waals surface area contributed by atoms with E-state index < -0.39 is 6.04 Å². The second kappa shape index (κ2) is 8.84. The summed E-state index contributed by atoms with van der Waals surface area (Å²) in [5.74, 6) is -0.516. The number of carbonyl (C=O) groups is 1. The molecule has 1 fully saturated rings. The molecule has 0 bridgehead atoms. The van der Waals surface area contributed by atoms with Crippen molar-refractivity contribution < 1.29 is 9.18 Å². The number of likely N-dealkylation sites (tertiary alicyclic amines) is 1. The molecule has 0 spiro atoms. The van der Waals surface area contributed by atoms with Crippen LogP contribution in [-0.2, 0) is 10.2 Å². The lowest BCUT2D eigenvalue weighted by molar-refractivity contribution is -0.126. The van der Waals surface area contributed by atoms with Gasteiger partial charge in [0, 0.05) is 17.5 Å². The third-order valence-corrected chi connectivity index (χ3v) is 5.90. The van der Waals surface area contributed by atoms with Crippen LogP contribution in [0.3, 0.4) is 0 Å². The minimum absolute atomic E-state index is 0.0878. The molecule has 1 saturated heterocycles. The molecule has 0 aromatic heterocycles. The first-order chi connectivity index (χ1) is 13.4. The van der Waals surface area contributed by atoms with Gasteiger partial charge in [0.25, 0.3) is 0 Å². The second-order valence-electron chi connectivity index (χ2n) is 8.06. The van der Waals surface area contributed by atoms with E-state index in [9.17, 15) is 9.18 Å². The van der Waals surface area contributed by atoms with Crippen molar-refractivity contribution in [3.05, 3.63) is 71.5 Å². The van der Waals surface area contributed by atoms with Crippen molar-refractivity contribution in [2.24, 2.45) is 0 Å². The summed E-state index contributed by atoms with van der Waals surface area (Å²) >= 11 is 0. The summed E-state index contributed by atoms with van der Waals surface area (Å²) in [4.78, 5) is 17.2. The summed E-state index contributed by atoms with van der Waals surface area (Å²) in [6.07, 6.45) is 1.97. The van der Waals surface area contributed by atoms with Gasteiger partial charge in [-0.05, 0) is 58.7 Å². The van der Waals surface area contributed by atoms with Crippen LogP contribution in [0.4, 0.5) is 4.39 Å². The molecule has 1 amide bonds. The van der Waals surface area contributed by atoms with Crippen LogP contribution in [0.15, 0.2) is 54.6 Å². The molecule has 1 N–H and O–H groups in total. The van der Waals surface area contributed by atoms with Crippen molar-refractivity contribution in [2.45, 2.75) is 24.3 Å². The average Bonchev–Trinajstić information content (AvgIpc) is 2.70. The van der Waals surface area contributed by atoms with Crippen LogP contribution in [0.25, 0.3) is 0 Å². The van der Waals surface area contributed by atoms with E-state index >= 15 is 0 Å². The maximum Gasteiger partial charge on any atom is 0.242 e. The smallest absolute Gasteiger partial charge is 0.242 e. The Morgan fingerprint density at radius 1 is 1.11 bits per heavy atom. The number of hydrogen-bond donors (Lipinski definition) is 1. The summed E-state index contributed by atoms with van der Waals surface area (Å²) < 4.78 is 14.3. The number of carbonyl (C=O) groups excluding carboxylic acids is 1. The third-order valence-electron chi connectivity index (χ3n) is 5.90. The molecule has 0 saturated carbocycles. The minimum Gasteiger partial charge on any atom is -0.354 e. The van der Waals surface area contributed by atoms with Gasteiger partial charge in [-0.1, -0.05) is 48.5 Å². The van der Waals surface area contributed by atoms with Crippen LogP contribution in [0.2, 0.25) is 0 Å². The van der Waals surface area contributed by atoms with Gasteiger partial charge in [0.1, 0.15) is 11.9 Å². The van der Waals surface area contributed by atoms with Gasteiger partial charge in [-0.25, -0.2) is 4.39 Å².